The summed E-state index contributed by atoms with van der Waals surface area (Å²) in [5.41, 5.74) is 2.02. The largest absolute Gasteiger partial charge is 0.379 e. The number of carbonyl (C=O) groups is 1. The van der Waals surface area contributed by atoms with Crippen LogP contribution in [0.4, 0.5) is 0 Å². The molecule has 0 radical (unpaired) electrons. The molecule has 1 amide bonds. The number of carbonyl (C=O) groups excluding carboxylic acids is 1. The van der Waals surface area contributed by atoms with Crippen molar-refractivity contribution in [3.05, 3.63) is 51.5 Å². The van der Waals surface area contributed by atoms with Gasteiger partial charge in [-0.2, -0.15) is 0 Å². The van der Waals surface area contributed by atoms with Crippen LogP contribution >= 0.6 is 11.3 Å². The molecule has 2 aromatic rings. The zero-order valence-electron chi connectivity index (χ0n) is 17.9. The Kier molecular flexibility index (Phi) is 8.21. The van der Waals surface area contributed by atoms with Crippen molar-refractivity contribution in [1.82, 2.24) is 14.8 Å². The Bertz CT molecular complexity index is 772. The second-order valence-corrected chi connectivity index (χ2v) is 8.89. The molecule has 2 heterocycles. The normalized spacial score (nSPS) is 16.0. The van der Waals surface area contributed by atoms with E-state index < -0.39 is 0 Å². The Hall–Kier alpha value is -1.76. The number of amides is 1. The molecular formula is C23H33N3O2S. The molecule has 1 atom stereocenters. The van der Waals surface area contributed by atoms with Gasteiger partial charge in [0, 0.05) is 32.2 Å². The Morgan fingerprint density at radius 3 is 2.69 bits per heavy atom. The Balaban J connectivity index is 1.79. The number of benzene rings is 1. The van der Waals surface area contributed by atoms with Gasteiger partial charge in [-0.15, -0.1) is 11.3 Å². The predicted octanol–water partition coefficient (Wildman–Crippen LogP) is 4.16. The lowest BCUT2D eigenvalue weighted by atomic mass is 10.1. The minimum absolute atomic E-state index is 0.104. The number of aromatic nitrogens is 1. The molecule has 0 N–H and O–H groups in total. The molecule has 29 heavy (non-hydrogen) atoms. The van der Waals surface area contributed by atoms with Gasteiger partial charge in [0.2, 0.25) is 0 Å². The smallest absolute Gasteiger partial charge is 0.266 e. The first-order valence-corrected chi connectivity index (χ1v) is 11.5. The molecule has 1 aromatic carbocycles. The Labute approximate surface area is 178 Å². The van der Waals surface area contributed by atoms with E-state index in [9.17, 15) is 4.79 Å². The number of nitrogens with zero attached hydrogens (tertiary/aromatic N) is 3. The van der Waals surface area contributed by atoms with Crippen LogP contribution in [0.15, 0.2) is 30.3 Å². The van der Waals surface area contributed by atoms with E-state index in [2.05, 4.69) is 35.9 Å². The summed E-state index contributed by atoms with van der Waals surface area (Å²) in [4.78, 5) is 23.5. The summed E-state index contributed by atoms with van der Waals surface area (Å²) in [6.07, 6.45) is 3.21. The van der Waals surface area contributed by atoms with Gasteiger partial charge in [0.05, 0.1) is 23.9 Å². The molecule has 0 saturated carbocycles. The third-order valence-electron chi connectivity index (χ3n) is 5.39. The first-order valence-electron chi connectivity index (χ1n) is 10.7. The van der Waals surface area contributed by atoms with Crippen LogP contribution in [0, 0.1) is 6.92 Å². The van der Waals surface area contributed by atoms with E-state index in [-0.39, 0.29) is 11.9 Å². The fraction of sp³-hybridized carbons (Fsp3) is 0.565. The van der Waals surface area contributed by atoms with Gasteiger partial charge in [-0.1, -0.05) is 43.7 Å². The predicted molar refractivity (Wildman–Crippen MR) is 118 cm³/mol. The van der Waals surface area contributed by atoms with E-state index >= 15 is 0 Å². The second-order valence-electron chi connectivity index (χ2n) is 7.81. The molecule has 3 rings (SSSR count). The van der Waals surface area contributed by atoms with E-state index in [1.165, 1.54) is 0 Å². The van der Waals surface area contributed by atoms with Crippen LogP contribution in [-0.4, -0.2) is 59.6 Å². The van der Waals surface area contributed by atoms with E-state index in [4.69, 9.17) is 4.74 Å². The number of hydrogen-bond donors (Lipinski definition) is 0. The average molecular weight is 416 g/mol. The van der Waals surface area contributed by atoms with Crippen molar-refractivity contribution in [2.24, 2.45) is 0 Å². The van der Waals surface area contributed by atoms with Gasteiger partial charge in [-0.3, -0.25) is 9.69 Å². The monoisotopic (exact) mass is 415 g/mol. The minimum Gasteiger partial charge on any atom is -0.379 e. The van der Waals surface area contributed by atoms with Gasteiger partial charge >= 0.3 is 0 Å². The number of morpholine rings is 1. The highest BCUT2D eigenvalue weighted by molar-refractivity contribution is 7.13. The maximum absolute atomic E-state index is 13.6. The highest BCUT2D eigenvalue weighted by atomic mass is 32.1. The summed E-state index contributed by atoms with van der Waals surface area (Å²) in [5, 5.41) is 1.08. The van der Waals surface area contributed by atoms with Crippen LogP contribution in [0.1, 0.15) is 52.6 Å². The third kappa shape index (κ3) is 6.11. The SMILES string of the molecule is CCCCc1nc(C)c(C(=O)N(Cc2ccccc2)C(C)CN2CCOCC2)s1. The third-order valence-corrected chi connectivity index (χ3v) is 6.60. The molecule has 0 aliphatic carbocycles. The Morgan fingerprint density at radius 2 is 2.00 bits per heavy atom. The lowest BCUT2D eigenvalue weighted by molar-refractivity contribution is 0.0229. The van der Waals surface area contributed by atoms with E-state index in [1.54, 1.807) is 11.3 Å². The maximum Gasteiger partial charge on any atom is 0.266 e. The van der Waals surface area contributed by atoms with Crippen molar-refractivity contribution in [2.45, 2.75) is 52.6 Å². The number of hydrogen-bond acceptors (Lipinski definition) is 5. The van der Waals surface area contributed by atoms with Gasteiger partial charge in [-0.05, 0) is 32.3 Å². The number of aryl methyl sites for hydroxylation is 2. The van der Waals surface area contributed by atoms with Crippen molar-refractivity contribution in [3.63, 3.8) is 0 Å². The summed E-state index contributed by atoms with van der Waals surface area (Å²) >= 11 is 1.57. The van der Waals surface area contributed by atoms with Crippen molar-refractivity contribution in [3.8, 4) is 0 Å². The lowest BCUT2D eigenvalue weighted by Gasteiger charge is -2.35. The number of unbranched alkanes of at least 4 members (excludes halogenated alkanes) is 1. The standard InChI is InChI=1S/C23H33N3O2S/c1-4-5-11-21-24-19(3)22(29-21)23(27)26(17-20-9-7-6-8-10-20)18(2)16-25-12-14-28-15-13-25/h6-10,18H,4-5,11-17H2,1-3H3. The van der Waals surface area contributed by atoms with Crippen LogP contribution < -0.4 is 0 Å². The molecule has 0 bridgehead atoms. The molecule has 0 spiro atoms. The van der Waals surface area contributed by atoms with E-state index in [0.717, 1.165) is 73.3 Å². The number of ether oxygens (including phenoxy) is 1. The topological polar surface area (TPSA) is 45.7 Å². The average Bonchev–Trinajstić information content (AvgIpc) is 3.12. The Morgan fingerprint density at radius 1 is 1.28 bits per heavy atom. The first kappa shape index (κ1) is 21.9. The molecule has 1 fully saturated rings. The van der Waals surface area contributed by atoms with E-state index in [0.29, 0.717) is 6.54 Å². The fourth-order valence-electron chi connectivity index (χ4n) is 3.68. The fourth-order valence-corrected chi connectivity index (χ4v) is 4.74. The summed E-state index contributed by atoms with van der Waals surface area (Å²) in [6.45, 7) is 11.2. The maximum atomic E-state index is 13.6. The van der Waals surface area contributed by atoms with Crippen molar-refractivity contribution in [2.75, 3.05) is 32.8 Å². The van der Waals surface area contributed by atoms with Crippen LogP contribution in [0.2, 0.25) is 0 Å². The van der Waals surface area contributed by atoms with Gasteiger partial charge < -0.3 is 9.64 Å². The van der Waals surface area contributed by atoms with Gasteiger partial charge in [0.25, 0.3) is 5.91 Å². The van der Waals surface area contributed by atoms with Gasteiger partial charge in [0.1, 0.15) is 4.88 Å². The highest BCUT2D eigenvalue weighted by Gasteiger charge is 2.27. The molecule has 6 heteroatoms. The van der Waals surface area contributed by atoms with Crippen LogP contribution in [0.25, 0.3) is 0 Å². The second kappa shape index (κ2) is 10.9. The summed E-state index contributed by atoms with van der Waals surface area (Å²) < 4.78 is 5.48. The summed E-state index contributed by atoms with van der Waals surface area (Å²) in [5.74, 6) is 0.104. The zero-order valence-corrected chi connectivity index (χ0v) is 18.7. The number of rotatable bonds is 9. The van der Waals surface area contributed by atoms with E-state index in [1.807, 2.05) is 30.0 Å². The molecule has 1 saturated heterocycles. The molecule has 5 nitrogen and oxygen atoms in total. The summed E-state index contributed by atoms with van der Waals surface area (Å²) in [6, 6.07) is 10.4. The summed E-state index contributed by atoms with van der Waals surface area (Å²) in [7, 11) is 0. The highest BCUT2D eigenvalue weighted by Crippen LogP contribution is 2.24. The zero-order chi connectivity index (χ0) is 20.6. The van der Waals surface area contributed by atoms with Crippen molar-refractivity contribution in [1.29, 1.82) is 0 Å². The molecule has 1 unspecified atom stereocenters. The first-order chi connectivity index (χ1) is 14.1. The molecule has 1 aliphatic rings. The lowest BCUT2D eigenvalue weighted by Crippen LogP contribution is -2.47. The molecule has 1 aliphatic heterocycles. The van der Waals surface area contributed by atoms with Crippen LogP contribution in [0.5, 0.6) is 0 Å². The van der Waals surface area contributed by atoms with Crippen molar-refractivity contribution >= 4 is 17.2 Å². The molecular weight excluding hydrogens is 382 g/mol. The quantitative estimate of drug-likeness (QED) is 0.617. The van der Waals surface area contributed by atoms with Crippen LogP contribution in [-0.2, 0) is 17.7 Å². The van der Waals surface area contributed by atoms with Crippen LogP contribution in [0.3, 0.4) is 0 Å². The molecule has 1 aromatic heterocycles. The number of thiazole rings is 1. The van der Waals surface area contributed by atoms with Crippen molar-refractivity contribution < 1.29 is 9.53 Å². The molecule has 158 valence electrons. The van der Waals surface area contributed by atoms with Gasteiger partial charge in [-0.25, -0.2) is 4.98 Å². The minimum atomic E-state index is 0.104. The van der Waals surface area contributed by atoms with Gasteiger partial charge in [0.15, 0.2) is 0 Å².